The predicted molar refractivity (Wildman–Crippen MR) is 298 cm³/mol. The van der Waals surface area contributed by atoms with Crippen LogP contribution in [-0.2, 0) is 39.3 Å². The number of allylic oxidation sites excluding steroid dienone is 1. The molecular weight excluding hydrogens is 893 g/mol. The van der Waals surface area contributed by atoms with E-state index < -0.39 is 0 Å². The second-order valence-corrected chi connectivity index (χ2v) is 24.0. The zero-order valence-electron chi connectivity index (χ0n) is 49.7. The van der Waals surface area contributed by atoms with E-state index >= 15 is 0 Å². The first-order valence-electron chi connectivity index (χ1n) is 26.9. The molecule has 0 radical (unpaired) electrons. The molecule has 0 aliphatic carbocycles. The van der Waals surface area contributed by atoms with Crippen LogP contribution in [-0.4, -0.2) is 113 Å². The third-order valence-electron chi connectivity index (χ3n) is 11.5. The minimum absolute atomic E-state index is 0.0453. The molecule has 2 heterocycles. The molecule has 11 nitrogen and oxygen atoms in total. The van der Waals surface area contributed by atoms with Gasteiger partial charge in [0, 0.05) is 68.3 Å². The highest BCUT2D eigenvalue weighted by atomic mass is 16.7. The number of benzene rings is 2. The molecule has 0 aromatic heterocycles. The molecule has 2 aromatic carbocycles. The minimum Gasteiger partial charge on any atom is -0.496 e. The highest BCUT2D eigenvalue weighted by Crippen LogP contribution is 2.45. The van der Waals surface area contributed by atoms with E-state index in [0.29, 0.717) is 26.4 Å². The SMILES string of the molecule is C=C(C)N1CCN(c2ccc(OC(C)(C)C)cc2)CC1.CC(C)(C)OCCC1OCCCO1.CCCC(C)(C)c1cc(OC(C)(C)C)c(C(C)(C)CCC)cc1OC.CCOC(COC(C)(C)C)OCC. The Bertz CT molecular complexity index is 1730. The van der Waals surface area contributed by atoms with Gasteiger partial charge in [0.1, 0.15) is 28.5 Å². The fourth-order valence-corrected chi connectivity index (χ4v) is 8.14. The maximum atomic E-state index is 6.42. The summed E-state index contributed by atoms with van der Waals surface area (Å²) in [6.07, 6.45) is 6.10. The molecule has 0 unspecified atom stereocenters. The number of anilines is 1. The van der Waals surface area contributed by atoms with E-state index in [1.165, 1.54) is 22.5 Å². The van der Waals surface area contributed by atoms with E-state index in [4.69, 9.17) is 42.6 Å². The van der Waals surface area contributed by atoms with Crippen LogP contribution in [0.5, 0.6) is 17.2 Å². The van der Waals surface area contributed by atoms with Crippen molar-refractivity contribution in [1.82, 2.24) is 4.90 Å². The maximum absolute atomic E-state index is 6.42. The summed E-state index contributed by atoms with van der Waals surface area (Å²) in [5.41, 5.74) is 4.48. The lowest BCUT2D eigenvalue weighted by Gasteiger charge is -2.37. The van der Waals surface area contributed by atoms with Crippen molar-refractivity contribution in [3.63, 3.8) is 0 Å². The Labute approximate surface area is 436 Å². The summed E-state index contributed by atoms with van der Waals surface area (Å²) in [6, 6.07) is 12.9. The van der Waals surface area contributed by atoms with Crippen molar-refractivity contribution >= 4 is 5.69 Å². The number of hydrogen-bond donors (Lipinski definition) is 0. The van der Waals surface area contributed by atoms with Crippen LogP contribution < -0.4 is 19.1 Å². The van der Waals surface area contributed by atoms with Gasteiger partial charge in [0.05, 0.1) is 44.7 Å². The molecule has 2 aliphatic rings. The molecule has 0 spiro atoms. The molecule has 0 N–H and O–H groups in total. The summed E-state index contributed by atoms with van der Waals surface area (Å²) in [6.45, 7) is 56.7. The Morgan fingerprint density at radius 2 is 1.10 bits per heavy atom. The normalized spacial score (nSPS) is 15.2. The van der Waals surface area contributed by atoms with Gasteiger partial charge in [-0.3, -0.25) is 0 Å². The Balaban J connectivity index is 0.000000492. The Morgan fingerprint density at radius 1 is 0.634 bits per heavy atom. The van der Waals surface area contributed by atoms with Gasteiger partial charge in [-0.1, -0.05) is 61.0 Å². The lowest BCUT2D eigenvalue weighted by molar-refractivity contribution is -0.189. The third kappa shape index (κ3) is 28.3. The molecule has 2 aromatic rings. The Kier molecular flexibility index (Phi) is 28.8. The minimum atomic E-state index is -0.228. The standard InChI is InChI=1S/C23H40O2.C17H26N2O.C10H20O3.C10H22O3/c1-11-13-22(6,7)17-16-20(25-21(3,4)5)18(15-19(17)24-10)23(8,9)14-12-2;1-14(2)18-10-12-19(13-11-18)15-6-8-16(9-7-15)20-17(3,4)5;1-10(2,3)13-8-5-9-11-6-4-7-12-9;1-6-11-9(12-7-2)8-13-10(3,4)5/h15-16H,11-14H2,1-10H3;6-9H,1,10-13H2,2-5H3;9H,4-8H2,1-3H3;9H,6-8H2,1-5H3. The second kappa shape index (κ2) is 31.0. The first kappa shape index (κ1) is 66.0. The summed E-state index contributed by atoms with van der Waals surface area (Å²) < 4.78 is 50.7. The number of ether oxygens (including phenoxy) is 9. The number of methoxy groups -OCH3 is 1. The van der Waals surface area contributed by atoms with Gasteiger partial charge in [0.15, 0.2) is 12.6 Å². The van der Waals surface area contributed by atoms with Crippen LogP contribution in [0.3, 0.4) is 0 Å². The quantitative estimate of drug-likeness (QED) is 0.119. The van der Waals surface area contributed by atoms with E-state index in [2.05, 4.69) is 164 Å². The van der Waals surface area contributed by atoms with Crippen molar-refractivity contribution < 1.29 is 42.6 Å². The molecule has 71 heavy (non-hydrogen) atoms. The molecule has 2 fully saturated rings. The van der Waals surface area contributed by atoms with Crippen LogP contribution in [0.15, 0.2) is 48.7 Å². The lowest BCUT2D eigenvalue weighted by Crippen LogP contribution is -2.45. The molecule has 0 saturated carbocycles. The van der Waals surface area contributed by atoms with Gasteiger partial charge in [-0.05, 0) is 170 Å². The van der Waals surface area contributed by atoms with Crippen LogP contribution in [0, 0.1) is 0 Å². The van der Waals surface area contributed by atoms with Crippen molar-refractivity contribution in [2.24, 2.45) is 0 Å². The van der Waals surface area contributed by atoms with Crippen LogP contribution in [0.1, 0.15) is 195 Å². The Hall–Kier alpha value is -3.06. The molecule has 2 saturated heterocycles. The van der Waals surface area contributed by atoms with E-state index in [9.17, 15) is 0 Å². The highest BCUT2D eigenvalue weighted by molar-refractivity contribution is 5.52. The van der Waals surface area contributed by atoms with Crippen molar-refractivity contribution in [2.75, 3.05) is 77.8 Å². The first-order valence-corrected chi connectivity index (χ1v) is 26.9. The van der Waals surface area contributed by atoms with Crippen molar-refractivity contribution in [3.8, 4) is 17.2 Å². The van der Waals surface area contributed by atoms with E-state index in [1.54, 1.807) is 7.11 Å². The summed E-state index contributed by atoms with van der Waals surface area (Å²) >= 11 is 0. The van der Waals surface area contributed by atoms with Gasteiger partial charge in [-0.2, -0.15) is 0 Å². The van der Waals surface area contributed by atoms with Gasteiger partial charge in [0.2, 0.25) is 0 Å². The third-order valence-corrected chi connectivity index (χ3v) is 11.5. The molecular formula is C60H108N2O9. The number of piperazine rings is 1. The highest BCUT2D eigenvalue weighted by Gasteiger charge is 2.32. The average Bonchev–Trinajstić information content (AvgIpc) is 3.25. The number of rotatable bonds is 20. The molecule has 2 aliphatic heterocycles. The Morgan fingerprint density at radius 3 is 1.51 bits per heavy atom. The summed E-state index contributed by atoms with van der Waals surface area (Å²) in [5.74, 6) is 2.92. The zero-order valence-corrected chi connectivity index (χ0v) is 49.7. The topological polar surface area (TPSA) is 89.6 Å². The summed E-state index contributed by atoms with van der Waals surface area (Å²) in [5, 5.41) is 0. The van der Waals surface area contributed by atoms with Gasteiger partial charge >= 0.3 is 0 Å². The van der Waals surface area contributed by atoms with Crippen LogP contribution in [0.25, 0.3) is 0 Å². The maximum Gasteiger partial charge on any atom is 0.180 e. The van der Waals surface area contributed by atoms with Gasteiger partial charge in [-0.15, -0.1) is 0 Å². The summed E-state index contributed by atoms with van der Waals surface area (Å²) in [7, 11) is 1.78. The van der Waals surface area contributed by atoms with Crippen molar-refractivity contribution in [3.05, 3.63) is 59.8 Å². The van der Waals surface area contributed by atoms with Crippen LogP contribution >= 0.6 is 0 Å². The van der Waals surface area contributed by atoms with Gasteiger partial charge in [-0.25, -0.2) is 0 Å². The molecule has 0 atom stereocenters. The van der Waals surface area contributed by atoms with E-state index in [-0.39, 0.29) is 45.8 Å². The van der Waals surface area contributed by atoms with Gasteiger partial charge < -0.3 is 52.4 Å². The monoisotopic (exact) mass is 1000 g/mol. The molecule has 4 rings (SSSR count). The summed E-state index contributed by atoms with van der Waals surface area (Å²) in [4.78, 5) is 4.76. The lowest BCUT2D eigenvalue weighted by atomic mass is 9.75. The smallest absolute Gasteiger partial charge is 0.180 e. The van der Waals surface area contributed by atoms with Crippen LogP contribution in [0.2, 0.25) is 0 Å². The molecule has 0 bridgehead atoms. The number of nitrogens with zero attached hydrogens (tertiary/aromatic N) is 2. The second-order valence-electron chi connectivity index (χ2n) is 24.0. The van der Waals surface area contributed by atoms with E-state index in [1.807, 2.05) is 34.6 Å². The van der Waals surface area contributed by atoms with Crippen molar-refractivity contribution in [2.45, 2.75) is 230 Å². The van der Waals surface area contributed by atoms with Gasteiger partial charge in [0.25, 0.3) is 0 Å². The first-order chi connectivity index (χ1) is 32.8. The predicted octanol–water partition coefficient (Wildman–Crippen LogP) is 14.7. The zero-order chi connectivity index (χ0) is 54.3. The van der Waals surface area contributed by atoms with Crippen LogP contribution in [0.4, 0.5) is 5.69 Å². The number of hydrogen-bond acceptors (Lipinski definition) is 11. The van der Waals surface area contributed by atoms with Crippen molar-refractivity contribution in [1.29, 1.82) is 0 Å². The average molecular weight is 1000 g/mol. The molecule has 11 heteroatoms. The fourth-order valence-electron chi connectivity index (χ4n) is 8.14. The largest absolute Gasteiger partial charge is 0.496 e. The fraction of sp³-hybridized carbons (Fsp3) is 0.767. The molecule has 412 valence electrons. The van der Waals surface area contributed by atoms with E-state index in [0.717, 1.165) is 95.2 Å². The molecule has 0 amide bonds.